The van der Waals surface area contributed by atoms with Crippen molar-refractivity contribution >= 4 is 58.6 Å². The average Bonchev–Trinajstić information content (AvgIpc) is 3.67. The Labute approximate surface area is 289 Å². The Morgan fingerprint density at radius 3 is 2.26 bits per heavy atom. The maximum absolute atomic E-state index is 14.9. The fraction of sp³-hybridized carbons (Fsp3) is 0.559. The largest absolute Gasteiger partial charge is 0.469 e. The molecule has 0 N–H and O–H groups in total. The third kappa shape index (κ3) is 6.87. The number of amides is 1. The maximum Gasteiger partial charge on any atom is 0.335 e. The lowest BCUT2D eigenvalue weighted by atomic mass is 9.71. The summed E-state index contributed by atoms with van der Waals surface area (Å²) >= 11 is 15.2. The molecular formula is C34H41Cl2N5O5S. The summed E-state index contributed by atoms with van der Waals surface area (Å²) < 4.78 is 10.5. The first-order valence-corrected chi connectivity index (χ1v) is 17.9. The number of methoxy groups -OCH3 is 2. The van der Waals surface area contributed by atoms with E-state index in [4.69, 9.17) is 32.7 Å². The Hall–Kier alpha value is -2.83. The molecule has 47 heavy (non-hydrogen) atoms. The Morgan fingerprint density at radius 1 is 0.979 bits per heavy atom. The van der Waals surface area contributed by atoms with Crippen LogP contribution in [0.4, 0.5) is 0 Å². The van der Waals surface area contributed by atoms with Gasteiger partial charge < -0.3 is 19.3 Å². The molecule has 5 atom stereocenters. The Bertz CT molecular complexity index is 1510. The standard InChI is InChI=1S/C34H41Cl2N5O5S/c1-39-20-7-8-21(39)18-22(17-20)40-12-14-41(15-13-40)32(42)31(29-24(35)5-4-6-25(29)36)28-23(33(43)45-2)19-38-26(30(28)34(44)46-3)9-10-27-37-11-16-47-27/h4-6,11,16,19-23,28,31H,7-10,12-15,17-18H2,1-3H3. The van der Waals surface area contributed by atoms with Crippen molar-refractivity contribution in [2.24, 2.45) is 16.8 Å². The van der Waals surface area contributed by atoms with Crippen molar-refractivity contribution in [2.45, 2.75) is 62.6 Å². The normalized spacial score (nSPS) is 27.2. The molecular weight excluding hydrogens is 661 g/mol. The molecule has 5 heterocycles. The van der Waals surface area contributed by atoms with Gasteiger partial charge in [-0.3, -0.25) is 19.5 Å². The quantitative estimate of drug-likeness (QED) is 0.342. The molecule has 0 saturated carbocycles. The average molecular weight is 703 g/mol. The van der Waals surface area contributed by atoms with Crippen LogP contribution in [0.25, 0.3) is 0 Å². The third-order valence-corrected chi connectivity index (χ3v) is 12.0. The van der Waals surface area contributed by atoms with Crippen molar-refractivity contribution in [1.29, 1.82) is 0 Å². The highest BCUT2D eigenvalue weighted by Crippen LogP contribution is 2.46. The summed E-state index contributed by atoms with van der Waals surface area (Å²) in [6.45, 7) is 2.51. The molecule has 252 valence electrons. The van der Waals surface area contributed by atoms with E-state index in [-0.39, 0.29) is 21.5 Å². The smallest absolute Gasteiger partial charge is 0.335 e. The monoisotopic (exact) mass is 701 g/mol. The van der Waals surface area contributed by atoms with E-state index < -0.39 is 29.7 Å². The first-order valence-electron chi connectivity index (χ1n) is 16.2. The van der Waals surface area contributed by atoms with Gasteiger partial charge in [0.1, 0.15) is 5.92 Å². The molecule has 0 aliphatic carbocycles. The van der Waals surface area contributed by atoms with Crippen LogP contribution < -0.4 is 0 Å². The molecule has 13 heteroatoms. The second kappa shape index (κ2) is 14.7. The minimum atomic E-state index is -1.08. The Kier molecular flexibility index (Phi) is 10.7. The zero-order valence-electron chi connectivity index (χ0n) is 26.9. The van der Waals surface area contributed by atoms with Crippen LogP contribution in [0.3, 0.4) is 0 Å². The number of piperidine rings is 1. The van der Waals surface area contributed by atoms with Gasteiger partial charge >= 0.3 is 11.9 Å². The molecule has 3 fully saturated rings. The molecule has 6 rings (SSSR count). The predicted molar refractivity (Wildman–Crippen MR) is 182 cm³/mol. The number of thiazole rings is 1. The minimum Gasteiger partial charge on any atom is -0.469 e. The number of halogens is 2. The van der Waals surface area contributed by atoms with Gasteiger partial charge in [0.2, 0.25) is 5.91 Å². The number of aliphatic imine (C=N–C) groups is 1. The van der Waals surface area contributed by atoms with E-state index in [1.54, 1.807) is 24.4 Å². The molecule has 5 unspecified atom stereocenters. The van der Waals surface area contributed by atoms with Gasteiger partial charge in [-0.25, -0.2) is 9.78 Å². The zero-order chi connectivity index (χ0) is 33.2. The second-order valence-electron chi connectivity index (χ2n) is 12.8. The number of hydrogen-bond acceptors (Lipinski definition) is 10. The van der Waals surface area contributed by atoms with Crippen LogP contribution in [0.15, 0.2) is 46.0 Å². The lowest BCUT2D eigenvalue weighted by molar-refractivity contribution is -0.146. The fourth-order valence-corrected chi connectivity index (χ4v) is 9.29. The Balaban J connectivity index is 1.35. The maximum atomic E-state index is 14.9. The summed E-state index contributed by atoms with van der Waals surface area (Å²) in [5, 5.41) is 3.31. The molecule has 0 spiro atoms. The van der Waals surface area contributed by atoms with Gasteiger partial charge in [-0.2, -0.15) is 0 Å². The van der Waals surface area contributed by atoms with Crippen molar-refractivity contribution in [3.8, 4) is 0 Å². The minimum absolute atomic E-state index is 0.150. The molecule has 1 aromatic carbocycles. The highest BCUT2D eigenvalue weighted by Gasteiger charge is 2.49. The van der Waals surface area contributed by atoms with Gasteiger partial charge in [0.15, 0.2) is 0 Å². The topological polar surface area (TPSA) is 105 Å². The molecule has 0 radical (unpaired) electrons. The number of piperazine rings is 1. The molecule has 1 amide bonds. The second-order valence-corrected chi connectivity index (χ2v) is 14.6. The van der Waals surface area contributed by atoms with Crippen molar-refractivity contribution in [2.75, 3.05) is 47.4 Å². The first kappa shape index (κ1) is 34.0. The van der Waals surface area contributed by atoms with E-state index in [1.807, 2.05) is 10.3 Å². The van der Waals surface area contributed by atoms with Gasteiger partial charge in [-0.15, -0.1) is 11.3 Å². The van der Waals surface area contributed by atoms with Crippen LogP contribution in [-0.4, -0.2) is 109 Å². The number of aryl methyl sites for hydroxylation is 1. The number of rotatable bonds is 9. The van der Waals surface area contributed by atoms with Gasteiger partial charge in [-0.1, -0.05) is 29.3 Å². The lowest BCUT2D eigenvalue weighted by Crippen LogP contribution is -2.57. The molecule has 4 aliphatic rings. The van der Waals surface area contributed by atoms with E-state index in [9.17, 15) is 14.4 Å². The van der Waals surface area contributed by atoms with E-state index in [1.165, 1.54) is 44.6 Å². The van der Waals surface area contributed by atoms with Crippen LogP contribution in [-0.2, 0) is 30.3 Å². The van der Waals surface area contributed by atoms with E-state index in [0.717, 1.165) is 30.9 Å². The van der Waals surface area contributed by atoms with Crippen LogP contribution >= 0.6 is 34.5 Å². The summed E-state index contributed by atoms with van der Waals surface area (Å²) in [7, 11) is 4.80. The van der Waals surface area contributed by atoms with Crippen molar-refractivity contribution in [3.05, 3.63) is 61.7 Å². The van der Waals surface area contributed by atoms with Crippen LogP contribution in [0, 0.1) is 11.8 Å². The van der Waals surface area contributed by atoms with Crippen LogP contribution in [0.2, 0.25) is 10.0 Å². The molecule has 1 aromatic heterocycles. The van der Waals surface area contributed by atoms with Gasteiger partial charge in [-0.05, 0) is 51.3 Å². The number of hydrogen-bond donors (Lipinski definition) is 0. The molecule has 2 bridgehead atoms. The highest BCUT2D eigenvalue weighted by atomic mass is 35.5. The molecule has 2 aromatic rings. The molecule has 3 saturated heterocycles. The lowest BCUT2D eigenvalue weighted by Gasteiger charge is -2.46. The fourth-order valence-electron chi connectivity index (χ4n) is 8.04. The first-order chi connectivity index (χ1) is 22.7. The highest BCUT2D eigenvalue weighted by molar-refractivity contribution is 7.09. The van der Waals surface area contributed by atoms with Crippen LogP contribution in [0.5, 0.6) is 0 Å². The SMILES string of the molecule is COC(=O)C1=C(CCc2nccs2)N=CC(C(=O)OC)C1C(C(=O)N1CCN(C2CC3CCC(C2)N3C)CC1)c1c(Cl)cccc1Cl. The van der Waals surface area contributed by atoms with Crippen LogP contribution in [0.1, 0.15) is 48.6 Å². The number of fused-ring (bicyclic) bond motifs is 2. The number of aromatic nitrogens is 1. The number of esters is 2. The number of ether oxygens (including phenoxy) is 2. The predicted octanol–water partition coefficient (Wildman–Crippen LogP) is 4.85. The van der Waals surface area contributed by atoms with Gasteiger partial charge in [0, 0.05) is 90.0 Å². The summed E-state index contributed by atoms with van der Waals surface area (Å²) in [5.74, 6) is -4.71. The number of carbonyl (C=O) groups excluding carboxylic acids is 3. The molecule has 4 aliphatic heterocycles. The summed E-state index contributed by atoms with van der Waals surface area (Å²) in [6, 6.07) is 6.81. The number of benzene rings is 1. The number of allylic oxidation sites excluding steroid dienone is 1. The molecule has 10 nitrogen and oxygen atoms in total. The van der Waals surface area contributed by atoms with Gasteiger partial charge in [0.25, 0.3) is 0 Å². The zero-order valence-corrected chi connectivity index (χ0v) is 29.3. The van der Waals surface area contributed by atoms with Crippen molar-refractivity contribution in [3.63, 3.8) is 0 Å². The third-order valence-electron chi connectivity index (χ3n) is 10.5. The summed E-state index contributed by atoms with van der Waals surface area (Å²) in [5.41, 5.74) is 0.946. The van der Waals surface area contributed by atoms with Crippen molar-refractivity contribution < 1.29 is 23.9 Å². The number of nitrogens with zero attached hydrogens (tertiary/aromatic N) is 5. The van der Waals surface area contributed by atoms with Gasteiger partial charge in [0.05, 0.1) is 36.4 Å². The summed E-state index contributed by atoms with van der Waals surface area (Å²) in [4.78, 5) is 57.8. The van der Waals surface area contributed by atoms with E-state index >= 15 is 0 Å². The van der Waals surface area contributed by atoms with Crippen molar-refractivity contribution in [1.82, 2.24) is 19.7 Å². The van der Waals surface area contributed by atoms with E-state index in [0.29, 0.717) is 55.3 Å². The Morgan fingerprint density at radius 2 is 1.66 bits per heavy atom. The summed E-state index contributed by atoms with van der Waals surface area (Å²) in [6.07, 6.45) is 8.89. The van der Waals surface area contributed by atoms with E-state index in [2.05, 4.69) is 26.8 Å². The number of carbonyl (C=O) groups is 3.